The molecule has 3 heteroatoms. The Labute approximate surface area is 86.7 Å². The van der Waals surface area contributed by atoms with Crippen LogP contribution in [0.2, 0.25) is 0 Å². The molecule has 0 aliphatic heterocycles. The molecule has 3 atom stereocenters. The number of nitrogens with two attached hydrogens (primary N) is 1. The molecule has 0 aromatic carbocycles. The number of hydrogen-bond donors (Lipinski definition) is 2. The van der Waals surface area contributed by atoms with Gasteiger partial charge in [-0.2, -0.15) is 0 Å². The van der Waals surface area contributed by atoms with E-state index in [1.807, 2.05) is 13.8 Å². The molecule has 1 aliphatic carbocycles. The number of hydrogen-bond acceptors (Lipinski definition) is 3. The van der Waals surface area contributed by atoms with Crippen molar-refractivity contribution in [1.82, 2.24) is 0 Å². The Morgan fingerprint density at radius 3 is 2.50 bits per heavy atom. The molecule has 0 saturated heterocycles. The van der Waals surface area contributed by atoms with Crippen LogP contribution in [0, 0.1) is 5.92 Å². The average molecular weight is 201 g/mol. The molecule has 3 nitrogen and oxygen atoms in total. The van der Waals surface area contributed by atoms with E-state index in [9.17, 15) is 4.79 Å². The highest BCUT2D eigenvalue weighted by Gasteiger charge is 2.23. The first kappa shape index (κ1) is 13.6. The van der Waals surface area contributed by atoms with Crippen LogP contribution < -0.4 is 5.73 Å². The molecule has 1 saturated carbocycles. The molecular formula is C11H23NO2. The minimum absolute atomic E-state index is 0.188. The molecule has 1 fully saturated rings. The van der Waals surface area contributed by atoms with Crippen LogP contribution in [0.15, 0.2) is 0 Å². The fraction of sp³-hybridized carbons (Fsp3) is 0.909. The molecule has 3 unspecified atom stereocenters. The number of rotatable bonds is 3. The first-order valence-electron chi connectivity index (χ1n) is 5.63. The molecule has 0 spiro atoms. The zero-order valence-corrected chi connectivity index (χ0v) is 9.28. The van der Waals surface area contributed by atoms with Crippen molar-refractivity contribution in [2.75, 3.05) is 0 Å². The lowest BCUT2D eigenvalue weighted by Gasteiger charge is -2.28. The van der Waals surface area contributed by atoms with Gasteiger partial charge in [-0.3, -0.25) is 0 Å². The highest BCUT2D eigenvalue weighted by molar-refractivity contribution is 5.55. The first-order chi connectivity index (χ1) is 6.74. The Morgan fingerprint density at radius 2 is 2.00 bits per heavy atom. The second-order valence-corrected chi connectivity index (χ2v) is 3.65. The van der Waals surface area contributed by atoms with Crippen LogP contribution in [-0.4, -0.2) is 23.5 Å². The monoisotopic (exact) mass is 201 g/mol. The van der Waals surface area contributed by atoms with Crippen LogP contribution in [0.25, 0.3) is 0 Å². The van der Waals surface area contributed by atoms with E-state index in [2.05, 4.69) is 0 Å². The molecule has 0 heterocycles. The summed E-state index contributed by atoms with van der Waals surface area (Å²) in [5.74, 6) is 0.346. The molecule has 0 amide bonds. The van der Waals surface area contributed by atoms with Gasteiger partial charge in [0.2, 0.25) is 0 Å². The normalized spacial score (nSPS) is 28.6. The minimum atomic E-state index is -0.806. The maximum Gasteiger partial charge on any atom is 0.148 e. The van der Waals surface area contributed by atoms with E-state index in [1.54, 1.807) is 0 Å². The van der Waals surface area contributed by atoms with Gasteiger partial charge in [-0.05, 0) is 25.2 Å². The van der Waals surface area contributed by atoms with E-state index in [4.69, 9.17) is 10.8 Å². The number of carbonyl (C=O) groups excluding carboxylic acids is 1. The molecule has 14 heavy (non-hydrogen) atoms. The standard InChI is InChI=1S/C9H17NO2.C2H6/c10-9-4-2-1-3-7(9)5-8(12)6-11;1-2/h6-9,12H,1-5,10H2;1-2H3. The summed E-state index contributed by atoms with van der Waals surface area (Å²) in [4.78, 5) is 10.2. The maximum absolute atomic E-state index is 10.2. The summed E-state index contributed by atoms with van der Waals surface area (Å²) in [6, 6.07) is 0.188. The number of aliphatic hydroxyl groups is 1. The van der Waals surface area contributed by atoms with Gasteiger partial charge in [0.15, 0.2) is 0 Å². The van der Waals surface area contributed by atoms with Crippen molar-refractivity contribution in [2.45, 2.75) is 58.1 Å². The van der Waals surface area contributed by atoms with Gasteiger partial charge in [-0.15, -0.1) is 0 Å². The summed E-state index contributed by atoms with van der Waals surface area (Å²) >= 11 is 0. The second-order valence-electron chi connectivity index (χ2n) is 3.65. The highest BCUT2D eigenvalue weighted by Crippen LogP contribution is 2.26. The summed E-state index contributed by atoms with van der Waals surface area (Å²) in [5, 5.41) is 9.10. The largest absolute Gasteiger partial charge is 0.386 e. The summed E-state index contributed by atoms with van der Waals surface area (Å²) in [6.45, 7) is 4.00. The van der Waals surface area contributed by atoms with Crippen LogP contribution >= 0.6 is 0 Å². The van der Waals surface area contributed by atoms with E-state index >= 15 is 0 Å². The van der Waals surface area contributed by atoms with Crippen LogP contribution in [-0.2, 0) is 4.79 Å². The number of carbonyl (C=O) groups is 1. The first-order valence-corrected chi connectivity index (χ1v) is 5.63. The van der Waals surface area contributed by atoms with Crippen LogP contribution in [0.3, 0.4) is 0 Å². The van der Waals surface area contributed by atoms with Gasteiger partial charge in [0, 0.05) is 6.04 Å². The molecule has 0 bridgehead atoms. The molecule has 0 radical (unpaired) electrons. The Bertz CT molecular complexity index is 150. The molecule has 0 aromatic rings. The number of aliphatic hydroxyl groups excluding tert-OH is 1. The Morgan fingerprint density at radius 1 is 1.43 bits per heavy atom. The van der Waals surface area contributed by atoms with Crippen molar-refractivity contribution in [3.63, 3.8) is 0 Å². The topological polar surface area (TPSA) is 63.3 Å². The molecule has 0 aromatic heterocycles. The Kier molecular flexibility index (Phi) is 7.71. The van der Waals surface area contributed by atoms with Gasteiger partial charge in [0.1, 0.15) is 12.4 Å². The van der Waals surface area contributed by atoms with Crippen molar-refractivity contribution in [3.05, 3.63) is 0 Å². The molecular weight excluding hydrogens is 178 g/mol. The van der Waals surface area contributed by atoms with Crippen molar-refractivity contribution < 1.29 is 9.90 Å². The third kappa shape index (κ3) is 4.72. The summed E-state index contributed by atoms with van der Waals surface area (Å²) in [6.07, 6.45) is 4.81. The second kappa shape index (κ2) is 7.94. The molecule has 84 valence electrons. The Balaban J connectivity index is 0.000000791. The van der Waals surface area contributed by atoms with E-state index in [0.717, 1.165) is 12.8 Å². The number of aldehydes is 1. The molecule has 1 aliphatic rings. The van der Waals surface area contributed by atoms with Gasteiger partial charge in [-0.25, -0.2) is 0 Å². The summed E-state index contributed by atoms with van der Waals surface area (Å²) in [7, 11) is 0. The summed E-state index contributed by atoms with van der Waals surface area (Å²) in [5.41, 5.74) is 5.85. The van der Waals surface area contributed by atoms with Gasteiger partial charge in [0.25, 0.3) is 0 Å². The fourth-order valence-electron chi connectivity index (χ4n) is 1.89. The van der Waals surface area contributed by atoms with E-state index in [0.29, 0.717) is 18.6 Å². The zero-order valence-electron chi connectivity index (χ0n) is 9.28. The third-order valence-electron chi connectivity index (χ3n) is 2.67. The van der Waals surface area contributed by atoms with E-state index in [1.165, 1.54) is 12.8 Å². The highest BCUT2D eigenvalue weighted by atomic mass is 16.3. The van der Waals surface area contributed by atoms with Gasteiger partial charge < -0.3 is 15.6 Å². The van der Waals surface area contributed by atoms with Crippen molar-refractivity contribution in [3.8, 4) is 0 Å². The van der Waals surface area contributed by atoms with Crippen molar-refractivity contribution in [2.24, 2.45) is 11.7 Å². The smallest absolute Gasteiger partial charge is 0.148 e. The lowest BCUT2D eigenvalue weighted by Crippen LogP contribution is -2.35. The summed E-state index contributed by atoms with van der Waals surface area (Å²) < 4.78 is 0. The SMILES string of the molecule is CC.NC1CCCCC1CC(O)C=O. The molecule has 1 rings (SSSR count). The van der Waals surface area contributed by atoms with Crippen molar-refractivity contribution >= 4 is 6.29 Å². The van der Waals surface area contributed by atoms with Gasteiger partial charge in [-0.1, -0.05) is 26.7 Å². The average Bonchev–Trinajstić information content (AvgIpc) is 2.24. The fourth-order valence-corrected chi connectivity index (χ4v) is 1.89. The van der Waals surface area contributed by atoms with Gasteiger partial charge >= 0.3 is 0 Å². The Hall–Kier alpha value is -0.410. The van der Waals surface area contributed by atoms with Gasteiger partial charge in [0.05, 0.1) is 0 Å². The van der Waals surface area contributed by atoms with E-state index < -0.39 is 6.10 Å². The lowest BCUT2D eigenvalue weighted by molar-refractivity contribution is -0.115. The predicted octanol–water partition coefficient (Wildman–Crippen LogP) is 1.48. The third-order valence-corrected chi connectivity index (χ3v) is 2.67. The van der Waals surface area contributed by atoms with Crippen LogP contribution in [0.1, 0.15) is 46.0 Å². The van der Waals surface area contributed by atoms with Crippen LogP contribution in [0.5, 0.6) is 0 Å². The zero-order chi connectivity index (χ0) is 11.0. The van der Waals surface area contributed by atoms with E-state index in [-0.39, 0.29) is 6.04 Å². The predicted molar refractivity (Wildman–Crippen MR) is 58.0 cm³/mol. The lowest BCUT2D eigenvalue weighted by atomic mass is 9.82. The van der Waals surface area contributed by atoms with Crippen LogP contribution in [0.4, 0.5) is 0 Å². The molecule has 3 N–H and O–H groups in total. The van der Waals surface area contributed by atoms with Crippen molar-refractivity contribution in [1.29, 1.82) is 0 Å². The minimum Gasteiger partial charge on any atom is -0.386 e. The quantitative estimate of drug-likeness (QED) is 0.680. The maximum atomic E-state index is 10.2.